The SMILES string of the molecule is COc1ccc(Cc2ncc3cccc(CN)n23)cc1. The first-order valence-electron chi connectivity index (χ1n) is 6.59. The highest BCUT2D eigenvalue weighted by atomic mass is 16.5. The van der Waals surface area contributed by atoms with Gasteiger partial charge in [-0.3, -0.25) is 4.40 Å². The first-order chi connectivity index (χ1) is 9.81. The molecule has 0 fully saturated rings. The molecule has 0 amide bonds. The molecule has 0 unspecified atom stereocenters. The summed E-state index contributed by atoms with van der Waals surface area (Å²) in [6.07, 6.45) is 2.66. The van der Waals surface area contributed by atoms with Gasteiger partial charge in [0, 0.05) is 18.7 Å². The van der Waals surface area contributed by atoms with Gasteiger partial charge in [0.1, 0.15) is 11.6 Å². The van der Waals surface area contributed by atoms with Crippen molar-refractivity contribution >= 4 is 5.52 Å². The first kappa shape index (κ1) is 12.7. The number of imidazole rings is 1. The van der Waals surface area contributed by atoms with E-state index < -0.39 is 0 Å². The van der Waals surface area contributed by atoms with Crippen LogP contribution in [0.5, 0.6) is 5.75 Å². The standard InChI is InChI=1S/C16H17N3O/c1-20-15-7-5-12(6-8-15)9-16-18-11-14-4-2-3-13(10-17)19(14)16/h2-8,11H,9-10,17H2,1H3. The summed E-state index contributed by atoms with van der Waals surface area (Å²) < 4.78 is 7.30. The predicted octanol–water partition coefficient (Wildman–Crippen LogP) is 2.39. The van der Waals surface area contributed by atoms with Crippen LogP contribution in [0, 0.1) is 0 Å². The molecule has 2 N–H and O–H groups in total. The summed E-state index contributed by atoms with van der Waals surface area (Å²) in [5.41, 5.74) is 9.16. The number of rotatable bonds is 4. The molecule has 3 aromatic rings. The number of ether oxygens (including phenoxy) is 1. The van der Waals surface area contributed by atoms with E-state index in [1.54, 1.807) is 7.11 Å². The van der Waals surface area contributed by atoms with Crippen LogP contribution in [0.3, 0.4) is 0 Å². The fraction of sp³-hybridized carbons (Fsp3) is 0.188. The third-order valence-corrected chi connectivity index (χ3v) is 3.44. The van der Waals surface area contributed by atoms with Gasteiger partial charge in [0.15, 0.2) is 0 Å². The third-order valence-electron chi connectivity index (χ3n) is 3.44. The van der Waals surface area contributed by atoms with Crippen molar-refractivity contribution in [3.05, 3.63) is 65.7 Å². The van der Waals surface area contributed by atoms with Crippen molar-refractivity contribution in [3.8, 4) is 5.75 Å². The molecule has 0 spiro atoms. The van der Waals surface area contributed by atoms with Crippen LogP contribution in [0.1, 0.15) is 17.1 Å². The summed E-state index contributed by atoms with van der Waals surface area (Å²) in [6, 6.07) is 14.1. The van der Waals surface area contributed by atoms with Crippen molar-refractivity contribution in [2.24, 2.45) is 5.73 Å². The Hall–Kier alpha value is -2.33. The third kappa shape index (κ3) is 2.26. The quantitative estimate of drug-likeness (QED) is 0.789. The molecule has 4 heteroatoms. The van der Waals surface area contributed by atoms with Crippen molar-refractivity contribution in [2.45, 2.75) is 13.0 Å². The van der Waals surface area contributed by atoms with Gasteiger partial charge in [0.2, 0.25) is 0 Å². The number of nitrogens with zero attached hydrogens (tertiary/aromatic N) is 2. The number of aromatic nitrogens is 2. The zero-order valence-corrected chi connectivity index (χ0v) is 11.4. The number of nitrogens with two attached hydrogens (primary N) is 1. The largest absolute Gasteiger partial charge is 0.497 e. The molecule has 0 saturated carbocycles. The van der Waals surface area contributed by atoms with E-state index in [4.69, 9.17) is 10.5 Å². The number of methoxy groups -OCH3 is 1. The predicted molar refractivity (Wildman–Crippen MR) is 78.9 cm³/mol. The van der Waals surface area contributed by atoms with Crippen molar-refractivity contribution < 1.29 is 4.74 Å². The number of pyridine rings is 1. The van der Waals surface area contributed by atoms with Crippen LogP contribution < -0.4 is 10.5 Å². The van der Waals surface area contributed by atoms with Gasteiger partial charge in [-0.1, -0.05) is 18.2 Å². The van der Waals surface area contributed by atoms with Crippen molar-refractivity contribution in [1.29, 1.82) is 0 Å². The highest BCUT2D eigenvalue weighted by Gasteiger charge is 2.07. The van der Waals surface area contributed by atoms with Crippen LogP contribution >= 0.6 is 0 Å². The van der Waals surface area contributed by atoms with Crippen LogP contribution in [0.25, 0.3) is 5.52 Å². The van der Waals surface area contributed by atoms with E-state index in [2.05, 4.69) is 21.5 Å². The second kappa shape index (κ2) is 5.35. The zero-order valence-electron chi connectivity index (χ0n) is 11.4. The Morgan fingerprint density at radius 1 is 1.15 bits per heavy atom. The average Bonchev–Trinajstić information content (AvgIpc) is 2.91. The van der Waals surface area contributed by atoms with E-state index >= 15 is 0 Å². The molecule has 2 aromatic heterocycles. The van der Waals surface area contributed by atoms with Crippen LogP contribution in [0.4, 0.5) is 0 Å². The number of hydrogen-bond donors (Lipinski definition) is 1. The minimum Gasteiger partial charge on any atom is -0.497 e. The van der Waals surface area contributed by atoms with Crippen molar-refractivity contribution in [3.63, 3.8) is 0 Å². The molecule has 0 atom stereocenters. The van der Waals surface area contributed by atoms with Crippen molar-refractivity contribution in [2.75, 3.05) is 7.11 Å². The average molecular weight is 267 g/mol. The molecule has 0 aliphatic heterocycles. The molecule has 0 bridgehead atoms. The van der Waals surface area contributed by atoms with Gasteiger partial charge in [-0.05, 0) is 29.8 Å². The van der Waals surface area contributed by atoms with Crippen LogP contribution in [0.15, 0.2) is 48.7 Å². The highest BCUT2D eigenvalue weighted by molar-refractivity contribution is 5.48. The lowest BCUT2D eigenvalue weighted by Gasteiger charge is -2.07. The van der Waals surface area contributed by atoms with E-state index in [0.29, 0.717) is 6.54 Å². The molecule has 0 radical (unpaired) electrons. The number of hydrogen-bond acceptors (Lipinski definition) is 3. The molecular formula is C16H17N3O. The van der Waals surface area contributed by atoms with Gasteiger partial charge in [-0.2, -0.15) is 0 Å². The molecule has 102 valence electrons. The summed E-state index contributed by atoms with van der Waals surface area (Å²) in [5, 5.41) is 0. The van der Waals surface area contributed by atoms with E-state index in [-0.39, 0.29) is 0 Å². The normalized spacial score (nSPS) is 10.9. The van der Waals surface area contributed by atoms with Crippen LogP contribution in [0.2, 0.25) is 0 Å². The Kier molecular flexibility index (Phi) is 3.39. The smallest absolute Gasteiger partial charge is 0.118 e. The minimum absolute atomic E-state index is 0.503. The molecule has 0 aliphatic carbocycles. The second-order valence-corrected chi connectivity index (χ2v) is 4.68. The Bertz CT molecular complexity index is 716. The number of benzene rings is 1. The fourth-order valence-electron chi connectivity index (χ4n) is 2.40. The zero-order chi connectivity index (χ0) is 13.9. The van der Waals surface area contributed by atoms with Gasteiger partial charge in [-0.15, -0.1) is 0 Å². The van der Waals surface area contributed by atoms with E-state index in [1.807, 2.05) is 36.5 Å². The van der Waals surface area contributed by atoms with Gasteiger partial charge in [0.05, 0.1) is 18.8 Å². The maximum atomic E-state index is 5.81. The maximum absolute atomic E-state index is 5.81. The fourth-order valence-corrected chi connectivity index (χ4v) is 2.40. The van der Waals surface area contributed by atoms with Gasteiger partial charge < -0.3 is 10.5 Å². The Balaban J connectivity index is 1.97. The maximum Gasteiger partial charge on any atom is 0.118 e. The second-order valence-electron chi connectivity index (χ2n) is 4.68. The molecule has 20 heavy (non-hydrogen) atoms. The Morgan fingerprint density at radius 2 is 1.95 bits per heavy atom. The highest BCUT2D eigenvalue weighted by Crippen LogP contribution is 2.17. The monoisotopic (exact) mass is 267 g/mol. The summed E-state index contributed by atoms with van der Waals surface area (Å²) in [7, 11) is 1.67. The summed E-state index contributed by atoms with van der Waals surface area (Å²) in [5.74, 6) is 1.87. The van der Waals surface area contributed by atoms with Crippen molar-refractivity contribution in [1.82, 2.24) is 9.38 Å². The summed E-state index contributed by atoms with van der Waals surface area (Å²) >= 11 is 0. The molecule has 1 aromatic carbocycles. The molecule has 0 saturated heterocycles. The molecule has 4 nitrogen and oxygen atoms in total. The van der Waals surface area contributed by atoms with Gasteiger partial charge >= 0.3 is 0 Å². The Morgan fingerprint density at radius 3 is 2.65 bits per heavy atom. The van der Waals surface area contributed by atoms with Gasteiger partial charge in [0.25, 0.3) is 0 Å². The summed E-state index contributed by atoms with van der Waals surface area (Å²) in [6.45, 7) is 0.503. The number of fused-ring (bicyclic) bond motifs is 1. The van der Waals surface area contributed by atoms with Gasteiger partial charge in [-0.25, -0.2) is 4.98 Å². The van der Waals surface area contributed by atoms with E-state index in [9.17, 15) is 0 Å². The van der Waals surface area contributed by atoms with Crippen LogP contribution in [-0.2, 0) is 13.0 Å². The Labute approximate surface area is 117 Å². The lowest BCUT2D eigenvalue weighted by Crippen LogP contribution is -2.06. The lowest BCUT2D eigenvalue weighted by molar-refractivity contribution is 0.414. The minimum atomic E-state index is 0.503. The first-order valence-corrected chi connectivity index (χ1v) is 6.59. The molecule has 0 aliphatic rings. The van der Waals surface area contributed by atoms with Crippen LogP contribution in [-0.4, -0.2) is 16.5 Å². The topological polar surface area (TPSA) is 52.5 Å². The van der Waals surface area contributed by atoms with E-state index in [0.717, 1.165) is 29.2 Å². The summed E-state index contributed by atoms with van der Waals surface area (Å²) in [4.78, 5) is 4.52. The lowest BCUT2D eigenvalue weighted by atomic mass is 10.1. The molecule has 2 heterocycles. The molecule has 3 rings (SSSR count). The molecular weight excluding hydrogens is 250 g/mol. The van der Waals surface area contributed by atoms with E-state index in [1.165, 1.54) is 5.56 Å².